The second-order valence-corrected chi connectivity index (χ2v) is 17.4. The highest BCUT2D eigenvalue weighted by Crippen LogP contribution is 2.41. The lowest BCUT2D eigenvalue weighted by atomic mass is 10.0. The Hall–Kier alpha value is -2.94. The fourth-order valence-electron chi connectivity index (χ4n) is 5.31. The zero-order chi connectivity index (χ0) is 37.9. The number of aryl methyl sites for hydroxylation is 4. The monoisotopic (exact) mass is 932 g/mol. The smallest absolute Gasteiger partial charge is 0.283 e. The summed E-state index contributed by atoms with van der Waals surface area (Å²) in [5.41, 5.74) is 7.26. The summed E-state index contributed by atoms with van der Waals surface area (Å²) in [7, 11) is 0. The number of aromatic hydroxyl groups is 1. The molecule has 0 aliphatic heterocycles. The van der Waals surface area contributed by atoms with E-state index >= 15 is 0 Å². The predicted octanol–water partition coefficient (Wildman–Crippen LogP) is 12.5. The van der Waals surface area contributed by atoms with E-state index in [0.29, 0.717) is 40.6 Å². The van der Waals surface area contributed by atoms with Crippen LogP contribution >= 0.6 is 102 Å². The topological polar surface area (TPSA) is 89.4 Å². The van der Waals surface area contributed by atoms with Gasteiger partial charge in [-0.25, -0.2) is 4.98 Å². The molecule has 1 N–H and O–H groups in total. The van der Waals surface area contributed by atoms with Crippen molar-refractivity contribution in [1.29, 1.82) is 0 Å². The maximum atomic E-state index is 13.1. The number of hydrogen-bond donors (Lipinski definition) is 1. The molecule has 4 aromatic carbocycles. The molecule has 2 heterocycles. The zero-order valence-corrected chi connectivity index (χ0v) is 36.1. The van der Waals surface area contributed by atoms with Crippen LogP contribution in [0.25, 0.3) is 43.4 Å². The van der Waals surface area contributed by atoms with E-state index in [1.165, 1.54) is 23.1 Å². The molecule has 0 aliphatic carbocycles. The van der Waals surface area contributed by atoms with E-state index in [1.807, 2.05) is 70.3 Å². The summed E-state index contributed by atoms with van der Waals surface area (Å²) in [5.74, 6) is -0.267. The molecule has 6 nitrogen and oxygen atoms in total. The van der Waals surface area contributed by atoms with Crippen molar-refractivity contribution in [1.82, 2.24) is 9.97 Å². The predicted molar refractivity (Wildman–Crippen MR) is 231 cm³/mol. The Morgan fingerprint density at radius 2 is 1.19 bits per heavy atom. The highest BCUT2D eigenvalue weighted by molar-refractivity contribution is 9.11. The molecule has 266 valence electrons. The number of halogens is 4. The van der Waals surface area contributed by atoms with Gasteiger partial charge in [0, 0.05) is 41.2 Å². The van der Waals surface area contributed by atoms with Gasteiger partial charge < -0.3 is 9.84 Å². The van der Waals surface area contributed by atoms with Crippen molar-refractivity contribution >= 4 is 106 Å². The van der Waals surface area contributed by atoms with Gasteiger partial charge in [-0.05, 0) is 105 Å². The SMILES string of the molecule is CSC(=S)Oc1sc(-c2ccc(Cl)cc2)nc(=O)c1-c1c(C)cc(C)cc1Br.Cc1cc(C)c(-c2c(O)nc(-c3ccc(Cl)cc3)sc2=O)c(Br)c1. The minimum absolute atomic E-state index is 0.224. The maximum absolute atomic E-state index is 13.1. The molecule has 0 atom stereocenters. The Labute approximate surface area is 345 Å². The lowest BCUT2D eigenvalue weighted by molar-refractivity contribution is 0.457. The summed E-state index contributed by atoms with van der Waals surface area (Å²) < 4.78 is 7.56. The molecule has 2 aromatic heterocycles. The second-order valence-electron chi connectivity index (χ2n) is 11.4. The minimum atomic E-state index is -0.366. The number of rotatable bonds is 5. The fraction of sp³-hybridized carbons (Fsp3) is 0.132. The molecule has 6 rings (SSSR count). The number of benzene rings is 4. The first kappa shape index (κ1) is 40.2. The number of nitrogens with zero attached hydrogens (tertiary/aromatic N) is 2. The summed E-state index contributed by atoms with van der Waals surface area (Å²) in [4.78, 5) is 34.3. The maximum Gasteiger partial charge on any atom is 0.283 e. The van der Waals surface area contributed by atoms with Crippen LogP contribution in [0.5, 0.6) is 10.9 Å². The van der Waals surface area contributed by atoms with Gasteiger partial charge in [-0.3, -0.25) is 9.59 Å². The van der Waals surface area contributed by atoms with Gasteiger partial charge >= 0.3 is 0 Å². The van der Waals surface area contributed by atoms with Gasteiger partial charge in [0.05, 0.1) is 0 Å². The van der Waals surface area contributed by atoms with Crippen LogP contribution in [0, 0.1) is 27.7 Å². The summed E-state index contributed by atoms with van der Waals surface area (Å²) in [6, 6.07) is 22.0. The van der Waals surface area contributed by atoms with Crippen molar-refractivity contribution in [2.45, 2.75) is 27.7 Å². The molecule has 52 heavy (non-hydrogen) atoms. The molecule has 14 heteroatoms. The van der Waals surface area contributed by atoms with Crippen molar-refractivity contribution in [3.05, 3.63) is 134 Å². The Morgan fingerprint density at radius 1 is 0.731 bits per heavy atom. The largest absolute Gasteiger partial charge is 0.493 e. The van der Waals surface area contributed by atoms with Crippen LogP contribution in [0.2, 0.25) is 10.0 Å². The summed E-state index contributed by atoms with van der Waals surface area (Å²) in [6.45, 7) is 7.85. The minimum Gasteiger partial charge on any atom is -0.493 e. The van der Waals surface area contributed by atoms with Crippen LogP contribution in [0.4, 0.5) is 0 Å². The quantitative estimate of drug-likeness (QED) is 0.171. The van der Waals surface area contributed by atoms with Gasteiger partial charge in [0.1, 0.15) is 21.1 Å². The van der Waals surface area contributed by atoms with Crippen molar-refractivity contribution in [2.24, 2.45) is 0 Å². The number of ether oxygens (including phenoxy) is 1. The molecular weight excluding hydrogens is 907 g/mol. The van der Waals surface area contributed by atoms with Crippen molar-refractivity contribution in [2.75, 3.05) is 6.26 Å². The summed E-state index contributed by atoms with van der Waals surface area (Å²) in [6.07, 6.45) is 1.83. The van der Waals surface area contributed by atoms with E-state index in [4.69, 9.17) is 40.2 Å². The number of thiocarbonyl (C=S) groups is 1. The van der Waals surface area contributed by atoms with Gasteiger partial charge in [-0.2, -0.15) is 4.98 Å². The average molecular weight is 936 g/mol. The van der Waals surface area contributed by atoms with Crippen LogP contribution in [0.3, 0.4) is 0 Å². The first-order chi connectivity index (χ1) is 24.7. The first-order valence-corrected chi connectivity index (χ1v) is 20.9. The molecule has 0 aliphatic rings. The van der Waals surface area contributed by atoms with Gasteiger partial charge in [0.25, 0.3) is 5.56 Å². The molecule has 0 saturated carbocycles. The number of hydrogen-bond acceptors (Lipinski definition) is 10. The Balaban J connectivity index is 0.000000203. The van der Waals surface area contributed by atoms with Crippen LogP contribution in [-0.4, -0.2) is 25.7 Å². The standard InChI is InChI=1S/C20H15BrClNO2S3.C18H13BrClNO2S/c1-10-8-11(2)15(14(21)9-10)16-17(24)23-18(12-4-6-13(22)7-5-12)28-19(16)25-20(26)27-3;1-9-7-10(2)14(13(19)8-9)15-16(22)21-17(24-18(15)23)11-3-5-12(20)6-4-11/h4-9H,1-3H3;3-8,22H,1-2H3. The van der Waals surface area contributed by atoms with E-state index in [1.54, 1.807) is 36.4 Å². The number of thioether (sulfide) groups is 1. The summed E-state index contributed by atoms with van der Waals surface area (Å²) >= 11 is 27.8. The van der Waals surface area contributed by atoms with Crippen LogP contribution < -0.4 is 15.0 Å². The summed E-state index contributed by atoms with van der Waals surface area (Å²) in [5, 5.41) is 13.1. The molecular formula is C38H28Br2Cl2N2O4S4. The average Bonchev–Trinajstić information content (AvgIpc) is 3.07. The second kappa shape index (κ2) is 17.5. The third-order valence-corrected chi connectivity index (χ3v) is 12.2. The van der Waals surface area contributed by atoms with E-state index < -0.39 is 0 Å². The highest BCUT2D eigenvalue weighted by atomic mass is 79.9. The Kier molecular flexibility index (Phi) is 13.5. The first-order valence-electron chi connectivity index (χ1n) is 15.3. The fourth-order valence-corrected chi connectivity index (χ4v) is 9.49. The van der Waals surface area contributed by atoms with E-state index in [2.05, 4.69) is 41.8 Å². The molecule has 0 fully saturated rings. The lowest BCUT2D eigenvalue weighted by Crippen LogP contribution is -2.13. The van der Waals surface area contributed by atoms with Crippen LogP contribution in [-0.2, 0) is 0 Å². The number of aromatic nitrogens is 2. The van der Waals surface area contributed by atoms with Crippen LogP contribution in [0.1, 0.15) is 22.3 Å². The lowest BCUT2D eigenvalue weighted by Gasteiger charge is -2.14. The van der Waals surface area contributed by atoms with Crippen molar-refractivity contribution < 1.29 is 9.84 Å². The molecule has 0 spiro atoms. The van der Waals surface area contributed by atoms with Crippen LogP contribution in [0.15, 0.2) is 91.3 Å². The highest BCUT2D eigenvalue weighted by Gasteiger charge is 2.22. The van der Waals surface area contributed by atoms with Crippen molar-refractivity contribution in [3.63, 3.8) is 0 Å². The molecule has 0 radical (unpaired) electrons. The van der Waals surface area contributed by atoms with Gasteiger partial charge in [0.2, 0.25) is 15.0 Å². The Bertz CT molecular complexity index is 2390. The molecule has 0 unspecified atom stereocenters. The van der Waals surface area contributed by atoms with Gasteiger partial charge in [0.15, 0.2) is 5.06 Å². The molecule has 0 saturated heterocycles. The zero-order valence-electron chi connectivity index (χ0n) is 28.1. The third-order valence-electron chi connectivity index (χ3n) is 7.52. The molecule has 0 amide bonds. The Morgan fingerprint density at radius 3 is 1.63 bits per heavy atom. The van der Waals surface area contributed by atoms with E-state index in [0.717, 1.165) is 59.2 Å². The molecule has 0 bridgehead atoms. The third kappa shape index (κ3) is 9.40. The van der Waals surface area contributed by atoms with E-state index in [-0.39, 0.29) is 21.7 Å². The van der Waals surface area contributed by atoms with Crippen molar-refractivity contribution in [3.8, 4) is 54.3 Å². The van der Waals surface area contributed by atoms with Gasteiger partial charge in [-0.15, -0.1) is 0 Å². The van der Waals surface area contributed by atoms with Gasteiger partial charge in [-0.1, -0.05) is 126 Å². The molecule has 6 aromatic rings. The van der Waals surface area contributed by atoms with E-state index in [9.17, 15) is 14.7 Å². The normalized spacial score (nSPS) is 10.8.